The zero-order chi connectivity index (χ0) is 12.4. The molecule has 88 valence electrons. The second-order valence-electron chi connectivity index (χ2n) is 3.24. The van der Waals surface area contributed by atoms with E-state index in [0.29, 0.717) is 10.2 Å². The molecule has 1 aromatic heterocycles. The Labute approximate surface area is 110 Å². The number of rotatable bonds is 2. The molecule has 0 amide bonds. The predicted octanol–water partition coefficient (Wildman–Crippen LogP) is 4.52. The first-order valence-corrected chi connectivity index (χ1v) is 5.76. The van der Waals surface area contributed by atoms with Gasteiger partial charge in [0.25, 0.3) is 0 Å². The third kappa shape index (κ3) is 2.92. The third-order valence-corrected chi connectivity index (χ3v) is 2.71. The number of aromatic nitrogens is 1. The molecular weight excluding hydrogens is 313 g/mol. The Kier molecular flexibility index (Phi) is 3.59. The number of hydrogen-bond donors (Lipinski definition) is 1. The average Bonchev–Trinajstić information content (AvgIpc) is 2.27. The van der Waals surface area contributed by atoms with Crippen molar-refractivity contribution in [3.63, 3.8) is 0 Å². The lowest BCUT2D eigenvalue weighted by molar-refractivity contribution is 0.625. The topological polar surface area (TPSA) is 24.9 Å². The van der Waals surface area contributed by atoms with Gasteiger partial charge in [-0.2, -0.15) is 0 Å². The molecule has 0 fully saturated rings. The van der Waals surface area contributed by atoms with Crippen molar-refractivity contribution in [2.45, 2.75) is 0 Å². The molecule has 0 radical (unpaired) electrons. The van der Waals surface area contributed by atoms with Gasteiger partial charge in [-0.05, 0) is 40.2 Å². The van der Waals surface area contributed by atoms with Gasteiger partial charge in [-0.3, -0.25) is 0 Å². The molecular formula is C11H6BrClF2N2. The molecule has 6 heteroatoms. The van der Waals surface area contributed by atoms with Gasteiger partial charge in [0.05, 0.1) is 5.02 Å². The van der Waals surface area contributed by atoms with Gasteiger partial charge in [0.1, 0.15) is 5.82 Å². The first-order valence-electron chi connectivity index (χ1n) is 4.59. The Hall–Kier alpha value is -1.20. The third-order valence-electron chi connectivity index (χ3n) is 1.99. The number of benzene rings is 1. The molecule has 1 heterocycles. The van der Waals surface area contributed by atoms with E-state index in [9.17, 15) is 8.78 Å². The molecule has 0 aliphatic rings. The smallest absolute Gasteiger partial charge is 0.166 e. The molecule has 0 spiro atoms. The van der Waals surface area contributed by atoms with Gasteiger partial charge in [0.2, 0.25) is 0 Å². The van der Waals surface area contributed by atoms with Crippen LogP contribution in [0, 0.1) is 11.6 Å². The fourth-order valence-electron chi connectivity index (χ4n) is 1.22. The standard InChI is InChI=1S/C11H6BrClF2N2/c12-6-3-10(15)11(16-5-6)17-7-1-2-9(14)8(13)4-7/h1-5H,(H,16,17). The van der Waals surface area contributed by atoms with Gasteiger partial charge in [0, 0.05) is 16.4 Å². The molecule has 2 nitrogen and oxygen atoms in total. The van der Waals surface area contributed by atoms with Crippen molar-refractivity contribution in [2.75, 3.05) is 5.32 Å². The number of pyridine rings is 1. The Bertz CT molecular complexity index is 563. The number of halogens is 4. The first-order chi connectivity index (χ1) is 8.06. The van der Waals surface area contributed by atoms with Crippen molar-refractivity contribution >= 4 is 39.0 Å². The molecule has 0 saturated heterocycles. The van der Waals surface area contributed by atoms with E-state index >= 15 is 0 Å². The van der Waals surface area contributed by atoms with Gasteiger partial charge in [-0.1, -0.05) is 11.6 Å². The highest BCUT2D eigenvalue weighted by Crippen LogP contribution is 2.24. The minimum absolute atomic E-state index is 0.0347. The fraction of sp³-hybridized carbons (Fsp3) is 0. The number of hydrogen-bond acceptors (Lipinski definition) is 2. The molecule has 0 atom stereocenters. The summed E-state index contributed by atoms with van der Waals surface area (Å²) in [6.07, 6.45) is 1.45. The van der Waals surface area contributed by atoms with E-state index in [0.717, 1.165) is 0 Å². The van der Waals surface area contributed by atoms with Crippen LogP contribution in [0.15, 0.2) is 34.9 Å². The van der Waals surface area contributed by atoms with Crippen molar-refractivity contribution in [2.24, 2.45) is 0 Å². The molecule has 2 rings (SSSR count). The predicted molar refractivity (Wildman–Crippen MR) is 66.6 cm³/mol. The number of anilines is 2. The molecule has 1 N–H and O–H groups in total. The normalized spacial score (nSPS) is 10.4. The van der Waals surface area contributed by atoms with E-state index < -0.39 is 11.6 Å². The summed E-state index contributed by atoms with van der Waals surface area (Å²) in [5.74, 6) is -0.989. The zero-order valence-corrected chi connectivity index (χ0v) is 10.7. The molecule has 1 aromatic carbocycles. The van der Waals surface area contributed by atoms with Gasteiger partial charge in [-0.15, -0.1) is 0 Å². The highest BCUT2D eigenvalue weighted by atomic mass is 79.9. The fourth-order valence-corrected chi connectivity index (χ4v) is 1.70. The van der Waals surface area contributed by atoms with Crippen LogP contribution in [0.4, 0.5) is 20.3 Å². The Balaban J connectivity index is 2.28. The van der Waals surface area contributed by atoms with Crippen LogP contribution in [0.3, 0.4) is 0 Å². The van der Waals surface area contributed by atoms with Crippen LogP contribution < -0.4 is 5.32 Å². The summed E-state index contributed by atoms with van der Waals surface area (Å²) in [6, 6.07) is 5.28. The largest absolute Gasteiger partial charge is 0.338 e. The van der Waals surface area contributed by atoms with Crippen LogP contribution >= 0.6 is 27.5 Å². The lowest BCUT2D eigenvalue weighted by atomic mass is 10.3. The summed E-state index contributed by atoms with van der Waals surface area (Å²) in [4.78, 5) is 3.86. The summed E-state index contributed by atoms with van der Waals surface area (Å²) in [5.41, 5.74) is 0.463. The van der Waals surface area contributed by atoms with Gasteiger partial charge in [-0.25, -0.2) is 13.8 Å². The summed E-state index contributed by atoms with van der Waals surface area (Å²) in [6.45, 7) is 0. The van der Waals surface area contributed by atoms with E-state index in [1.807, 2.05) is 0 Å². The Morgan fingerprint density at radius 3 is 2.59 bits per heavy atom. The summed E-state index contributed by atoms with van der Waals surface area (Å²) < 4.78 is 26.9. The van der Waals surface area contributed by atoms with E-state index in [-0.39, 0.29) is 10.8 Å². The second kappa shape index (κ2) is 4.98. The Morgan fingerprint density at radius 1 is 1.18 bits per heavy atom. The molecule has 0 bridgehead atoms. The van der Waals surface area contributed by atoms with Crippen LogP contribution in [0.25, 0.3) is 0 Å². The maximum Gasteiger partial charge on any atom is 0.166 e. The minimum Gasteiger partial charge on any atom is -0.338 e. The number of nitrogens with zero attached hydrogens (tertiary/aromatic N) is 1. The zero-order valence-electron chi connectivity index (χ0n) is 8.35. The van der Waals surface area contributed by atoms with Crippen LogP contribution in [-0.2, 0) is 0 Å². The summed E-state index contributed by atoms with van der Waals surface area (Å²) in [7, 11) is 0. The molecule has 0 aliphatic carbocycles. The molecule has 2 aromatic rings. The Morgan fingerprint density at radius 2 is 1.94 bits per heavy atom. The quantitative estimate of drug-likeness (QED) is 0.880. The number of nitrogens with one attached hydrogen (secondary N) is 1. The van der Waals surface area contributed by atoms with Gasteiger partial charge < -0.3 is 5.32 Å². The van der Waals surface area contributed by atoms with Crippen molar-refractivity contribution in [1.82, 2.24) is 4.98 Å². The van der Waals surface area contributed by atoms with E-state index in [4.69, 9.17) is 11.6 Å². The average molecular weight is 320 g/mol. The van der Waals surface area contributed by atoms with Crippen LogP contribution in [0.1, 0.15) is 0 Å². The maximum atomic E-state index is 13.5. The van der Waals surface area contributed by atoms with Crippen molar-refractivity contribution in [3.05, 3.63) is 51.6 Å². The van der Waals surface area contributed by atoms with E-state index in [1.165, 1.54) is 30.5 Å². The SMILES string of the molecule is Fc1ccc(Nc2ncc(Br)cc2F)cc1Cl. The summed E-state index contributed by atoms with van der Waals surface area (Å²) >= 11 is 8.71. The van der Waals surface area contributed by atoms with Crippen molar-refractivity contribution in [3.8, 4) is 0 Å². The van der Waals surface area contributed by atoms with Gasteiger partial charge >= 0.3 is 0 Å². The molecule has 0 saturated carbocycles. The van der Waals surface area contributed by atoms with Crippen LogP contribution in [-0.4, -0.2) is 4.98 Å². The van der Waals surface area contributed by atoms with E-state index in [1.54, 1.807) is 0 Å². The van der Waals surface area contributed by atoms with Gasteiger partial charge in [0.15, 0.2) is 11.6 Å². The van der Waals surface area contributed by atoms with E-state index in [2.05, 4.69) is 26.2 Å². The lowest BCUT2D eigenvalue weighted by Gasteiger charge is -2.07. The van der Waals surface area contributed by atoms with Crippen LogP contribution in [0.2, 0.25) is 5.02 Å². The van der Waals surface area contributed by atoms with Crippen LogP contribution in [0.5, 0.6) is 0 Å². The molecule has 0 aliphatic heterocycles. The van der Waals surface area contributed by atoms with Crippen molar-refractivity contribution < 1.29 is 8.78 Å². The monoisotopic (exact) mass is 318 g/mol. The lowest BCUT2D eigenvalue weighted by Crippen LogP contribution is -1.97. The van der Waals surface area contributed by atoms with Crippen molar-refractivity contribution in [1.29, 1.82) is 0 Å². The molecule has 0 unspecified atom stereocenters. The molecule has 17 heavy (non-hydrogen) atoms. The highest BCUT2D eigenvalue weighted by molar-refractivity contribution is 9.10. The first kappa shape index (κ1) is 12.3. The maximum absolute atomic E-state index is 13.5. The minimum atomic E-state index is -0.526. The summed E-state index contributed by atoms with van der Waals surface area (Å²) in [5, 5.41) is 2.67. The second-order valence-corrected chi connectivity index (χ2v) is 4.56. The highest BCUT2D eigenvalue weighted by Gasteiger charge is 2.06.